The molecule has 94 valence electrons. The lowest BCUT2D eigenvalue weighted by atomic mass is 10.3. The number of hydrogen-bond donors (Lipinski definition) is 1. The monoisotopic (exact) mass is 245 g/mol. The van der Waals surface area contributed by atoms with Gasteiger partial charge in [-0.3, -0.25) is 0 Å². The second-order valence-electron chi connectivity index (χ2n) is 4.90. The van der Waals surface area contributed by atoms with E-state index in [-0.39, 0.29) is 0 Å². The van der Waals surface area contributed by atoms with Crippen molar-refractivity contribution in [3.05, 3.63) is 35.7 Å². The van der Waals surface area contributed by atoms with Crippen LogP contribution in [-0.4, -0.2) is 22.1 Å². The molecule has 0 aliphatic heterocycles. The van der Waals surface area contributed by atoms with Crippen LogP contribution in [0.3, 0.4) is 0 Å². The highest BCUT2D eigenvalue weighted by Crippen LogP contribution is 2.29. The van der Waals surface area contributed by atoms with Gasteiger partial charge in [-0.2, -0.15) is 0 Å². The normalized spacial score (nSPS) is 14.9. The minimum Gasteiger partial charge on any atom is -0.492 e. The van der Waals surface area contributed by atoms with Crippen LogP contribution in [0.15, 0.2) is 24.4 Å². The summed E-state index contributed by atoms with van der Waals surface area (Å²) < 4.78 is 7.35. The van der Waals surface area contributed by atoms with E-state index >= 15 is 0 Å². The van der Waals surface area contributed by atoms with Gasteiger partial charge in [-0.05, 0) is 49.4 Å². The molecule has 4 nitrogen and oxygen atoms in total. The number of ether oxygens (including phenoxy) is 1. The predicted molar refractivity (Wildman–Crippen MR) is 67.3 cm³/mol. The maximum Gasteiger partial charge on any atom is 0.353 e. The first-order chi connectivity index (χ1) is 8.65. The van der Waals surface area contributed by atoms with Crippen LogP contribution >= 0.6 is 0 Å². The van der Waals surface area contributed by atoms with E-state index in [1.165, 1.54) is 12.8 Å². The van der Waals surface area contributed by atoms with E-state index in [0.717, 1.165) is 23.4 Å². The molecule has 0 atom stereocenters. The number of carboxylic acids is 1. The topological polar surface area (TPSA) is 50.9 Å². The predicted octanol–water partition coefficient (Wildman–Crippen LogP) is 2.73. The molecule has 3 rings (SSSR count). The van der Waals surface area contributed by atoms with Gasteiger partial charge in [-0.25, -0.2) is 4.79 Å². The third-order valence-electron chi connectivity index (χ3n) is 3.32. The molecule has 0 aromatic carbocycles. The third-order valence-corrected chi connectivity index (χ3v) is 3.32. The second kappa shape index (κ2) is 4.05. The van der Waals surface area contributed by atoms with Gasteiger partial charge in [-0.1, -0.05) is 0 Å². The first kappa shape index (κ1) is 11.1. The first-order valence-corrected chi connectivity index (χ1v) is 6.13. The van der Waals surface area contributed by atoms with Crippen LogP contribution in [0.25, 0.3) is 5.52 Å². The second-order valence-corrected chi connectivity index (χ2v) is 4.90. The van der Waals surface area contributed by atoms with Crippen LogP contribution in [-0.2, 0) is 0 Å². The molecule has 1 N–H and O–H groups in total. The molecule has 2 aromatic heterocycles. The van der Waals surface area contributed by atoms with Gasteiger partial charge in [0.1, 0.15) is 11.4 Å². The molecule has 1 fully saturated rings. The fourth-order valence-electron chi connectivity index (χ4n) is 2.14. The number of hydrogen-bond acceptors (Lipinski definition) is 2. The Morgan fingerprint density at radius 1 is 1.50 bits per heavy atom. The number of aryl methyl sites for hydroxylation is 1. The summed E-state index contributed by atoms with van der Waals surface area (Å²) in [6.45, 7) is 2.54. The number of carbonyl (C=O) groups is 1. The average Bonchev–Trinajstić information content (AvgIpc) is 3.07. The summed E-state index contributed by atoms with van der Waals surface area (Å²) in [7, 11) is 0. The zero-order chi connectivity index (χ0) is 12.7. The van der Waals surface area contributed by atoms with E-state index in [4.69, 9.17) is 4.74 Å². The van der Waals surface area contributed by atoms with Gasteiger partial charge in [0.15, 0.2) is 0 Å². The standard InChI is InChI=1S/C14H15NO3/c1-9-6-11-4-5-12(18-8-10-2-3-10)7-15(11)13(9)14(16)17/h4-7,10H,2-3,8H2,1H3,(H,16,17). The number of pyridine rings is 1. The lowest BCUT2D eigenvalue weighted by Gasteiger charge is -2.06. The quantitative estimate of drug-likeness (QED) is 0.901. The van der Waals surface area contributed by atoms with Crippen molar-refractivity contribution in [3.8, 4) is 5.75 Å². The molecular weight excluding hydrogens is 230 g/mol. The highest BCUT2D eigenvalue weighted by atomic mass is 16.5. The Kier molecular flexibility index (Phi) is 2.51. The van der Waals surface area contributed by atoms with E-state index in [9.17, 15) is 9.90 Å². The van der Waals surface area contributed by atoms with Crippen LogP contribution in [0.2, 0.25) is 0 Å². The van der Waals surface area contributed by atoms with Gasteiger partial charge < -0.3 is 14.2 Å². The van der Waals surface area contributed by atoms with Crippen LogP contribution < -0.4 is 4.74 Å². The van der Waals surface area contributed by atoms with E-state index in [1.807, 2.05) is 18.2 Å². The summed E-state index contributed by atoms with van der Waals surface area (Å²) in [4.78, 5) is 11.2. The van der Waals surface area contributed by atoms with Crippen LogP contribution in [0, 0.1) is 12.8 Å². The van der Waals surface area contributed by atoms with E-state index in [0.29, 0.717) is 11.6 Å². The minimum absolute atomic E-state index is 0.307. The highest BCUT2D eigenvalue weighted by molar-refractivity contribution is 5.89. The lowest BCUT2D eigenvalue weighted by molar-refractivity contribution is 0.0688. The third kappa shape index (κ3) is 1.94. The van der Waals surface area contributed by atoms with Crippen molar-refractivity contribution < 1.29 is 14.6 Å². The first-order valence-electron chi connectivity index (χ1n) is 6.13. The van der Waals surface area contributed by atoms with Crippen molar-refractivity contribution in [2.45, 2.75) is 19.8 Å². The van der Waals surface area contributed by atoms with Gasteiger partial charge in [0, 0.05) is 5.52 Å². The summed E-state index contributed by atoms with van der Waals surface area (Å²) >= 11 is 0. The minimum atomic E-state index is -0.910. The van der Waals surface area contributed by atoms with Crippen LogP contribution in [0.5, 0.6) is 5.75 Å². The number of aromatic nitrogens is 1. The molecule has 0 radical (unpaired) electrons. The molecule has 0 unspecified atom stereocenters. The maximum atomic E-state index is 11.2. The van der Waals surface area contributed by atoms with Crippen molar-refractivity contribution in [1.82, 2.24) is 4.40 Å². The van der Waals surface area contributed by atoms with Crippen molar-refractivity contribution in [1.29, 1.82) is 0 Å². The molecule has 0 amide bonds. The molecule has 4 heteroatoms. The Morgan fingerprint density at radius 3 is 2.94 bits per heavy atom. The molecule has 2 heterocycles. The largest absolute Gasteiger partial charge is 0.492 e. The van der Waals surface area contributed by atoms with Crippen molar-refractivity contribution in [2.24, 2.45) is 5.92 Å². The zero-order valence-electron chi connectivity index (χ0n) is 10.2. The van der Waals surface area contributed by atoms with Crippen molar-refractivity contribution in [2.75, 3.05) is 6.61 Å². The van der Waals surface area contributed by atoms with Gasteiger partial charge in [0.05, 0.1) is 12.8 Å². The lowest BCUT2D eigenvalue weighted by Crippen LogP contribution is -2.05. The molecule has 1 aliphatic carbocycles. The van der Waals surface area contributed by atoms with Crippen LogP contribution in [0.1, 0.15) is 28.9 Å². The van der Waals surface area contributed by atoms with Crippen molar-refractivity contribution >= 4 is 11.5 Å². The Hall–Kier alpha value is -1.97. The highest BCUT2D eigenvalue weighted by Gasteiger charge is 2.22. The van der Waals surface area contributed by atoms with Crippen molar-refractivity contribution in [3.63, 3.8) is 0 Å². The number of aromatic carboxylic acids is 1. The molecule has 0 bridgehead atoms. The van der Waals surface area contributed by atoms with Gasteiger partial charge in [0.25, 0.3) is 0 Å². The van der Waals surface area contributed by atoms with Gasteiger partial charge >= 0.3 is 5.97 Å². The van der Waals surface area contributed by atoms with Gasteiger partial charge in [0.2, 0.25) is 0 Å². The maximum absolute atomic E-state index is 11.2. The molecule has 1 saturated carbocycles. The van der Waals surface area contributed by atoms with E-state index < -0.39 is 5.97 Å². The summed E-state index contributed by atoms with van der Waals surface area (Å²) in [6, 6.07) is 5.65. The fourth-order valence-corrected chi connectivity index (χ4v) is 2.14. The number of carboxylic acid groups (broad SMARTS) is 1. The Bertz CT molecular complexity index is 611. The molecule has 0 saturated heterocycles. The SMILES string of the molecule is Cc1cc2ccc(OCC3CC3)cn2c1C(=O)O. The van der Waals surface area contributed by atoms with Crippen LogP contribution in [0.4, 0.5) is 0 Å². The zero-order valence-corrected chi connectivity index (χ0v) is 10.2. The molecular formula is C14H15NO3. The molecule has 18 heavy (non-hydrogen) atoms. The molecule has 0 spiro atoms. The Labute approximate surface area is 105 Å². The molecule has 2 aromatic rings. The Balaban J connectivity index is 1.97. The summed E-state index contributed by atoms with van der Waals surface area (Å²) in [5.41, 5.74) is 1.95. The summed E-state index contributed by atoms with van der Waals surface area (Å²) in [5.74, 6) is 0.505. The van der Waals surface area contributed by atoms with E-state index in [2.05, 4.69) is 0 Å². The van der Waals surface area contributed by atoms with E-state index in [1.54, 1.807) is 17.5 Å². The fraction of sp³-hybridized carbons (Fsp3) is 0.357. The number of fused-ring (bicyclic) bond motifs is 1. The summed E-state index contributed by atoms with van der Waals surface area (Å²) in [6.07, 6.45) is 4.24. The average molecular weight is 245 g/mol. The number of nitrogens with zero attached hydrogens (tertiary/aromatic N) is 1. The smallest absolute Gasteiger partial charge is 0.353 e. The van der Waals surface area contributed by atoms with Gasteiger partial charge in [-0.15, -0.1) is 0 Å². The Morgan fingerprint density at radius 2 is 2.28 bits per heavy atom. The number of rotatable bonds is 4. The summed E-state index contributed by atoms with van der Waals surface area (Å²) in [5, 5.41) is 9.21. The molecule has 1 aliphatic rings.